The molecule has 0 fully saturated rings. The maximum atomic E-state index is 4.31. The van der Waals surface area contributed by atoms with Crippen LogP contribution in [0.3, 0.4) is 0 Å². The average molecular weight is 149 g/mol. The van der Waals surface area contributed by atoms with Crippen LogP contribution < -0.4 is 0 Å². The predicted octanol–water partition coefficient (Wildman–Crippen LogP) is 0.832. The van der Waals surface area contributed by atoms with Gasteiger partial charge in [-0.15, -0.1) is 5.10 Å². The van der Waals surface area contributed by atoms with E-state index in [1.165, 1.54) is 6.26 Å². The lowest BCUT2D eigenvalue weighted by Gasteiger charge is -1.54. The van der Waals surface area contributed by atoms with Crippen LogP contribution in [0.4, 0.5) is 0 Å². The van der Waals surface area contributed by atoms with Gasteiger partial charge in [0, 0.05) is 5.27 Å². The standard InChI is InChI=1S/C2HBrN2O/c3-2-1-6-5-4-2/h1H. The molecule has 32 valence electrons. The third-order valence-corrected chi connectivity index (χ3v) is 0.679. The van der Waals surface area contributed by atoms with E-state index in [-0.39, 0.29) is 0 Å². The fourth-order valence-electron chi connectivity index (χ4n) is 0.153. The zero-order chi connectivity index (χ0) is 4.41. The molecular formula is C2HBrN2O. The number of rotatable bonds is 0. The first-order chi connectivity index (χ1) is 2.89. The fraction of sp³-hybridized carbons (Fsp3) is 0. The summed E-state index contributed by atoms with van der Waals surface area (Å²) >= 11 is 3.01. The van der Waals surface area contributed by atoms with Crippen LogP contribution in [0.1, 0.15) is 0 Å². The molecular weight excluding hydrogens is 148 g/mol. The van der Waals surface area contributed by atoms with Crippen molar-refractivity contribution < 1.29 is 4.52 Å². The molecule has 1 rings (SSSR count). The normalized spacial score (nSPS) is 8.83. The van der Waals surface area contributed by atoms with Crippen molar-refractivity contribution in [2.75, 3.05) is 0 Å². The lowest BCUT2D eigenvalue weighted by atomic mass is 11.0. The first-order valence-electron chi connectivity index (χ1n) is 1.32. The SMILES string of the molecule is Brc1conn1. The molecule has 1 aromatic rings. The Kier molecular flexibility index (Phi) is 0.874. The molecule has 0 bridgehead atoms. The van der Waals surface area contributed by atoms with Crippen molar-refractivity contribution in [1.82, 2.24) is 10.4 Å². The zero-order valence-electron chi connectivity index (χ0n) is 2.76. The summed E-state index contributed by atoms with van der Waals surface area (Å²) in [6.07, 6.45) is 1.40. The number of hydrogen-bond acceptors (Lipinski definition) is 3. The lowest BCUT2D eigenvalue weighted by Crippen LogP contribution is -1.59. The van der Waals surface area contributed by atoms with Crippen LogP contribution >= 0.6 is 15.9 Å². The molecule has 0 saturated heterocycles. The molecule has 0 N–H and O–H groups in total. The molecule has 0 aliphatic rings. The first-order valence-corrected chi connectivity index (χ1v) is 2.11. The molecule has 0 aromatic carbocycles. The van der Waals surface area contributed by atoms with E-state index in [1.807, 2.05) is 0 Å². The molecule has 6 heavy (non-hydrogen) atoms. The Hall–Kier alpha value is -0.380. The van der Waals surface area contributed by atoms with E-state index in [1.54, 1.807) is 0 Å². The first kappa shape index (κ1) is 3.80. The largest absolute Gasteiger partial charge is 0.344 e. The summed E-state index contributed by atoms with van der Waals surface area (Å²) in [5.41, 5.74) is 0. The number of hydrogen-bond donors (Lipinski definition) is 0. The summed E-state index contributed by atoms with van der Waals surface area (Å²) in [4.78, 5) is 0. The van der Waals surface area contributed by atoms with Gasteiger partial charge in [0.05, 0.1) is 0 Å². The minimum Gasteiger partial charge on any atom is -0.344 e. The Bertz CT molecular complexity index is 115. The summed E-state index contributed by atoms with van der Waals surface area (Å²) < 4.78 is 4.93. The second kappa shape index (κ2) is 1.38. The summed E-state index contributed by atoms with van der Waals surface area (Å²) in [5, 5.41) is 6.57. The molecule has 0 amide bonds. The predicted molar refractivity (Wildman–Crippen MR) is 22.0 cm³/mol. The molecule has 0 aliphatic heterocycles. The Morgan fingerprint density at radius 1 is 1.83 bits per heavy atom. The highest BCUT2D eigenvalue weighted by atomic mass is 79.9. The Balaban J connectivity index is 3.05. The van der Waals surface area contributed by atoms with E-state index < -0.39 is 0 Å². The minimum atomic E-state index is 0.627. The summed E-state index contributed by atoms with van der Waals surface area (Å²) in [6.45, 7) is 0. The number of aromatic nitrogens is 2. The lowest BCUT2D eigenvalue weighted by molar-refractivity contribution is 0.393. The van der Waals surface area contributed by atoms with Gasteiger partial charge in [0.25, 0.3) is 0 Å². The number of halogens is 1. The number of nitrogens with zero attached hydrogens (tertiary/aromatic N) is 2. The van der Waals surface area contributed by atoms with Gasteiger partial charge in [0.15, 0.2) is 10.9 Å². The summed E-state index contributed by atoms with van der Waals surface area (Å²) in [7, 11) is 0. The third-order valence-electron chi connectivity index (χ3n) is 0.333. The Morgan fingerprint density at radius 2 is 2.67 bits per heavy atom. The van der Waals surface area contributed by atoms with Crippen molar-refractivity contribution in [3.05, 3.63) is 10.9 Å². The van der Waals surface area contributed by atoms with Crippen LogP contribution in [0.15, 0.2) is 15.4 Å². The second-order valence-electron chi connectivity index (χ2n) is 0.728. The van der Waals surface area contributed by atoms with Crippen LogP contribution in [0.25, 0.3) is 0 Å². The van der Waals surface area contributed by atoms with Gasteiger partial charge in [-0.3, -0.25) is 0 Å². The van der Waals surface area contributed by atoms with Crippen LogP contribution in [-0.4, -0.2) is 10.4 Å². The fourth-order valence-corrected chi connectivity index (χ4v) is 0.302. The topological polar surface area (TPSA) is 38.9 Å². The monoisotopic (exact) mass is 148 g/mol. The molecule has 0 aliphatic carbocycles. The summed E-state index contributed by atoms with van der Waals surface area (Å²) in [6, 6.07) is 0. The van der Waals surface area contributed by atoms with Gasteiger partial charge in [-0.25, -0.2) is 0 Å². The Morgan fingerprint density at radius 3 is 2.83 bits per heavy atom. The highest BCUT2D eigenvalue weighted by Crippen LogP contribution is 1.98. The maximum Gasteiger partial charge on any atom is 0.169 e. The van der Waals surface area contributed by atoms with E-state index in [2.05, 4.69) is 30.8 Å². The smallest absolute Gasteiger partial charge is 0.169 e. The minimum absolute atomic E-state index is 0.627. The molecule has 0 unspecified atom stereocenters. The van der Waals surface area contributed by atoms with Gasteiger partial charge in [-0.2, -0.15) is 0 Å². The molecule has 0 saturated carbocycles. The Labute approximate surface area is 42.5 Å². The van der Waals surface area contributed by atoms with E-state index in [9.17, 15) is 0 Å². The second-order valence-corrected chi connectivity index (χ2v) is 1.54. The van der Waals surface area contributed by atoms with Crippen LogP contribution in [0.2, 0.25) is 0 Å². The van der Waals surface area contributed by atoms with Gasteiger partial charge in [-0.1, -0.05) is 0 Å². The van der Waals surface area contributed by atoms with Gasteiger partial charge in [0.2, 0.25) is 0 Å². The van der Waals surface area contributed by atoms with E-state index >= 15 is 0 Å². The highest BCUT2D eigenvalue weighted by Gasteiger charge is 1.82. The molecule has 0 atom stereocenters. The molecule has 4 heteroatoms. The van der Waals surface area contributed by atoms with Crippen LogP contribution in [0, 0.1) is 0 Å². The van der Waals surface area contributed by atoms with Crippen molar-refractivity contribution >= 4 is 15.9 Å². The molecule has 1 heterocycles. The zero-order valence-corrected chi connectivity index (χ0v) is 4.34. The van der Waals surface area contributed by atoms with E-state index in [0.29, 0.717) is 4.60 Å². The van der Waals surface area contributed by atoms with Crippen molar-refractivity contribution in [3.8, 4) is 0 Å². The molecule has 3 nitrogen and oxygen atoms in total. The van der Waals surface area contributed by atoms with Gasteiger partial charge in [0.1, 0.15) is 0 Å². The highest BCUT2D eigenvalue weighted by molar-refractivity contribution is 9.10. The van der Waals surface area contributed by atoms with Gasteiger partial charge < -0.3 is 4.52 Å². The van der Waals surface area contributed by atoms with Crippen LogP contribution in [-0.2, 0) is 0 Å². The maximum absolute atomic E-state index is 4.31. The van der Waals surface area contributed by atoms with E-state index in [0.717, 1.165) is 0 Å². The average Bonchev–Trinajstić information content (AvgIpc) is 1.86. The molecule has 0 radical (unpaired) electrons. The van der Waals surface area contributed by atoms with Gasteiger partial charge >= 0.3 is 0 Å². The van der Waals surface area contributed by atoms with E-state index in [4.69, 9.17) is 0 Å². The molecule has 0 spiro atoms. The third kappa shape index (κ3) is 0.567. The van der Waals surface area contributed by atoms with Crippen LogP contribution in [0.5, 0.6) is 0 Å². The van der Waals surface area contributed by atoms with Crippen molar-refractivity contribution in [1.29, 1.82) is 0 Å². The van der Waals surface area contributed by atoms with Crippen molar-refractivity contribution in [3.63, 3.8) is 0 Å². The quantitative estimate of drug-likeness (QED) is 0.548. The summed E-state index contributed by atoms with van der Waals surface area (Å²) in [5.74, 6) is 0. The molecule has 1 aromatic heterocycles. The van der Waals surface area contributed by atoms with Crippen molar-refractivity contribution in [2.45, 2.75) is 0 Å². The van der Waals surface area contributed by atoms with Crippen molar-refractivity contribution in [2.24, 2.45) is 0 Å². The van der Waals surface area contributed by atoms with Gasteiger partial charge in [-0.05, 0) is 15.9 Å².